The van der Waals surface area contributed by atoms with E-state index in [1.54, 1.807) is 7.11 Å². The fraction of sp³-hybridized carbons (Fsp3) is 0.786. The number of nitrogens with one attached hydrogen (secondary N) is 1. The van der Waals surface area contributed by atoms with Crippen LogP contribution >= 0.6 is 0 Å². The Morgan fingerprint density at radius 2 is 1.94 bits per heavy atom. The van der Waals surface area contributed by atoms with Gasteiger partial charge < -0.3 is 14.6 Å². The van der Waals surface area contributed by atoms with Gasteiger partial charge in [0.15, 0.2) is 0 Å². The number of rotatable bonds is 8. The van der Waals surface area contributed by atoms with E-state index in [0.717, 1.165) is 19.0 Å². The van der Waals surface area contributed by atoms with Gasteiger partial charge >= 0.3 is 0 Å². The van der Waals surface area contributed by atoms with Gasteiger partial charge in [0.1, 0.15) is 0 Å². The van der Waals surface area contributed by atoms with Gasteiger partial charge in [0, 0.05) is 32.6 Å². The Kier molecular flexibility index (Phi) is 6.19. The van der Waals surface area contributed by atoms with E-state index in [-0.39, 0.29) is 0 Å². The van der Waals surface area contributed by atoms with Crippen molar-refractivity contribution in [1.29, 1.82) is 0 Å². The van der Waals surface area contributed by atoms with Crippen molar-refractivity contribution >= 4 is 5.95 Å². The number of aromatic nitrogens is 2. The first-order valence-corrected chi connectivity index (χ1v) is 6.80. The van der Waals surface area contributed by atoms with Gasteiger partial charge in [-0.05, 0) is 17.8 Å². The normalized spacial score (nSPS) is 11.8. The molecule has 0 saturated heterocycles. The van der Waals surface area contributed by atoms with Crippen molar-refractivity contribution in [1.82, 2.24) is 9.55 Å². The average molecular weight is 253 g/mol. The largest absolute Gasteiger partial charge is 0.383 e. The molecule has 0 atom stereocenters. The van der Waals surface area contributed by atoms with Gasteiger partial charge in [-0.25, -0.2) is 4.98 Å². The molecule has 0 aliphatic heterocycles. The monoisotopic (exact) mass is 253 g/mol. The fourth-order valence-electron chi connectivity index (χ4n) is 2.31. The van der Waals surface area contributed by atoms with Gasteiger partial charge in [-0.15, -0.1) is 0 Å². The van der Waals surface area contributed by atoms with Crippen LogP contribution in [0.3, 0.4) is 0 Å². The molecular formula is C14H27N3O. The zero-order valence-corrected chi connectivity index (χ0v) is 12.3. The van der Waals surface area contributed by atoms with E-state index < -0.39 is 0 Å². The third-order valence-corrected chi connectivity index (χ3v) is 3.42. The molecule has 4 nitrogen and oxygen atoms in total. The molecule has 0 aromatic carbocycles. The maximum Gasteiger partial charge on any atom is 0.202 e. The van der Waals surface area contributed by atoms with E-state index in [1.165, 1.54) is 0 Å². The molecule has 0 aliphatic carbocycles. The molecule has 0 fully saturated rings. The highest BCUT2D eigenvalue weighted by Crippen LogP contribution is 2.23. The first-order valence-electron chi connectivity index (χ1n) is 6.80. The molecule has 0 unspecified atom stereocenters. The van der Waals surface area contributed by atoms with E-state index in [0.29, 0.717) is 24.4 Å². The molecule has 1 N–H and O–H groups in total. The van der Waals surface area contributed by atoms with Crippen LogP contribution in [0.5, 0.6) is 0 Å². The minimum atomic E-state index is 0.669. The van der Waals surface area contributed by atoms with E-state index in [9.17, 15) is 0 Å². The number of methoxy groups -OCH3 is 1. The molecule has 1 rings (SSSR count). The molecule has 1 aromatic heterocycles. The molecule has 18 heavy (non-hydrogen) atoms. The van der Waals surface area contributed by atoms with Crippen molar-refractivity contribution in [3.8, 4) is 0 Å². The average Bonchev–Trinajstić information content (AvgIpc) is 2.73. The summed E-state index contributed by atoms with van der Waals surface area (Å²) < 4.78 is 7.25. The molecule has 0 bridgehead atoms. The van der Waals surface area contributed by atoms with E-state index in [4.69, 9.17) is 4.74 Å². The number of nitrogens with zero attached hydrogens (tertiary/aromatic N) is 2. The number of ether oxygens (including phenoxy) is 1. The van der Waals surface area contributed by atoms with Crippen molar-refractivity contribution in [2.24, 2.45) is 17.8 Å². The predicted octanol–water partition coefficient (Wildman–Crippen LogP) is 2.87. The van der Waals surface area contributed by atoms with Crippen molar-refractivity contribution in [2.45, 2.75) is 34.2 Å². The van der Waals surface area contributed by atoms with Crippen molar-refractivity contribution in [3.05, 3.63) is 12.4 Å². The van der Waals surface area contributed by atoms with Gasteiger partial charge in [0.25, 0.3) is 0 Å². The number of hydrogen-bond acceptors (Lipinski definition) is 3. The summed E-state index contributed by atoms with van der Waals surface area (Å²) in [6, 6.07) is 0. The highest BCUT2D eigenvalue weighted by Gasteiger charge is 2.19. The van der Waals surface area contributed by atoms with E-state index in [2.05, 4.69) is 42.6 Å². The van der Waals surface area contributed by atoms with Crippen LogP contribution in [0.2, 0.25) is 0 Å². The number of anilines is 1. The summed E-state index contributed by atoms with van der Waals surface area (Å²) >= 11 is 0. The van der Waals surface area contributed by atoms with Gasteiger partial charge in [0.05, 0.1) is 6.61 Å². The lowest BCUT2D eigenvalue weighted by molar-refractivity contribution is 0.210. The smallest absolute Gasteiger partial charge is 0.202 e. The number of imidazole rings is 1. The molecule has 0 saturated carbocycles. The Morgan fingerprint density at radius 3 is 2.50 bits per heavy atom. The predicted molar refractivity (Wildman–Crippen MR) is 75.8 cm³/mol. The molecule has 0 radical (unpaired) electrons. The third-order valence-electron chi connectivity index (χ3n) is 3.42. The van der Waals surface area contributed by atoms with Crippen LogP contribution < -0.4 is 5.32 Å². The van der Waals surface area contributed by atoms with Gasteiger partial charge in [-0.1, -0.05) is 27.7 Å². The minimum absolute atomic E-state index is 0.669. The van der Waals surface area contributed by atoms with E-state index >= 15 is 0 Å². The van der Waals surface area contributed by atoms with Crippen LogP contribution in [0.25, 0.3) is 0 Å². The first kappa shape index (κ1) is 15.0. The summed E-state index contributed by atoms with van der Waals surface area (Å²) in [6.07, 6.45) is 3.90. The van der Waals surface area contributed by atoms with Gasteiger partial charge in [0.2, 0.25) is 5.95 Å². The summed E-state index contributed by atoms with van der Waals surface area (Å²) in [5, 5.41) is 3.30. The Morgan fingerprint density at radius 1 is 1.28 bits per heavy atom. The molecule has 104 valence electrons. The molecule has 4 heteroatoms. The Bertz CT molecular complexity index is 326. The summed E-state index contributed by atoms with van der Waals surface area (Å²) in [5.74, 6) is 2.97. The van der Waals surface area contributed by atoms with Crippen molar-refractivity contribution < 1.29 is 4.74 Å². The summed E-state index contributed by atoms with van der Waals surface area (Å²) in [6.45, 7) is 11.7. The SMILES string of the molecule is COCCNc1nccn1CC(C(C)C)C(C)C. The Hall–Kier alpha value is -1.03. The first-order chi connectivity index (χ1) is 8.56. The standard InChI is InChI=1S/C14H27N3O/c1-11(2)13(12(3)4)10-17-8-6-15-14(17)16-7-9-18-5/h6,8,11-13H,7,9-10H2,1-5H3,(H,15,16). The van der Waals surface area contributed by atoms with Crippen molar-refractivity contribution in [3.63, 3.8) is 0 Å². The highest BCUT2D eigenvalue weighted by atomic mass is 16.5. The van der Waals surface area contributed by atoms with Gasteiger partial charge in [-0.3, -0.25) is 0 Å². The maximum atomic E-state index is 5.04. The second-order valence-corrected chi connectivity index (χ2v) is 5.47. The Labute approximate surface area is 111 Å². The van der Waals surface area contributed by atoms with Crippen LogP contribution in [-0.2, 0) is 11.3 Å². The van der Waals surface area contributed by atoms with Crippen LogP contribution in [0, 0.1) is 17.8 Å². The molecular weight excluding hydrogens is 226 g/mol. The lowest BCUT2D eigenvalue weighted by Gasteiger charge is -2.26. The zero-order chi connectivity index (χ0) is 13.5. The molecule has 1 heterocycles. The fourth-order valence-corrected chi connectivity index (χ4v) is 2.31. The molecule has 0 amide bonds. The summed E-state index contributed by atoms with van der Waals surface area (Å²) in [5.41, 5.74) is 0. The summed E-state index contributed by atoms with van der Waals surface area (Å²) in [4.78, 5) is 4.36. The van der Waals surface area contributed by atoms with Crippen LogP contribution in [0.15, 0.2) is 12.4 Å². The van der Waals surface area contributed by atoms with Crippen LogP contribution in [-0.4, -0.2) is 29.8 Å². The highest BCUT2D eigenvalue weighted by molar-refractivity contribution is 5.25. The quantitative estimate of drug-likeness (QED) is 0.724. The molecule has 0 aliphatic rings. The molecule has 0 spiro atoms. The summed E-state index contributed by atoms with van der Waals surface area (Å²) in [7, 11) is 1.71. The maximum absolute atomic E-state index is 5.04. The second-order valence-electron chi connectivity index (χ2n) is 5.47. The van der Waals surface area contributed by atoms with Gasteiger partial charge in [-0.2, -0.15) is 0 Å². The lowest BCUT2D eigenvalue weighted by atomic mass is 9.85. The lowest BCUT2D eigenvalue weighted by Crippen LogP contribution is -2.23. The third kappa shape index (κ3) is 4.33. The topological polar surface area (TPSA) is 39.1 Å². The Balaban J connectivity index is 2.63. The second kappa shape index (κ2) is 7.41. The van der Waals surface area contributed by atoms with Crippen LogP contribution in [0.1, 0.15) is 27.7 Å². The zero-order valence-electron chi connectivity index (χ0n) is 12.3. The van der Waals surface area contributed by atoms with E-state index in [1.807, 2.05) is 12.4 Å². The molecule has 1 aromatic rings. The van der Waals surface area contributed by atoms with Crippen LogP contribution in [0.4, 0.5) is 5.95 Å². The van der Waals surface area contributed by atoms with Crippen molar-refractivity contribution in [2.75, 3.05) is 25.6 Å². The number of hydrogen-bond donors (Lipinski definition) is 1. The minimum Gasteiger partial charge on any atom is -0.383 e.